The van der Waals surface area contributed by atoms with Crippen molar-refractivity contribution in [1.82, 2.24) is 4.72 Å². The van der Waals surface area contributed by atoms with Crippen molar-refractivity contribution in [2.45, 2.75) is 25.1 Å². The monoisotopic (exact) mass is 408 g/mol. The average molecular weight is 409 g/mol. The second-order valence-corrected chi connectivity index (χ2v) is 8.79. The van der Waals surface area contributed by atoms with E-state index in [0.717, 1.165) is 28.7 Å². The molecular weight excluding hydrogens is 388 g/mol. The molecule has 0 aliphatic carbocycles. The summed E-state index contributed by atoms with van der Waals surface area (Å²) in [5.74, 6) is -0.00780. The summed E-state index contributed by atoms with van der Waals surface area (Å²) in [4.78, 5) is 2.36. The van der Waals surface area contributed by atoms with E-state index in [9.17, 15) is 8.42 Å². The molecule has 128 valence electrons. The fourth-order valence-electron chi connectivity index (χ4n) is 2.84. The van der Waals surface area contributed by atoms with Crippen LogP contribution in [0.4, 0.5) is 5.69 Å². The van der Waals surface area contributed by atoms with Crippen LogP contribution in [0.5, 0.6) is 0 Å². The summed E-state index contributed by atoms with van der Waals surface area (Å²) in [6.45, 7) is 2.54. The van der Waals surface area contributed by atoms with Gasteiger partial charge in [0, 0.05) is 29.8 Å². The van der Waals surface area contributed by atoms with Crippen molar-refractivity contribution in [3.05, 3.63) is 64.1 Å². The average Bonchev–Trinajstić information content (AvgIpc) is 3.10. The number of rotatable bonds is 6. The van der Waals surface area contributed by atoms with Gasteiger partial charge < -0.3 is 4.90 Å². The zero-order chi connectivity index (χ0) is 17.0. The SMILES string of the molecule is O=S(=O)(Cc1ccc(Br)cc1)NCc1ccc(N2CCCC2)cc1. The van der Waals surface area contributed by atoms with E-state index >= 15 is 0 Å². The molecule has 0 aromatic heterocycles. The number of hydrogen-bond donors (Lipinski definition) is 1. The van der Waals surface area contributed by atoms with Gasteiger partial charge >= 0.3 is 0 Å². The van der Waals surface area contributed by atoms with Crippen molar-refractivity contribution in [3.8, 4) is 0 Å². The van der Waals surface area contributed by atoms with Gasteiger partial charge in [0.05, 0.1) is 5.75 Å². The third-order valence-electron chi connectivity index (χ3n) is 4.17. The minimum Gasteiger partial charge on any atom is -0.372 e. The Labute approximate surface area is 152 Å². The lowest BCUT2D eigenvalue weighted by atomic mass is 10.2. The second-order valence-electron chi connectivity index (χ2n) is 6.07. The van der Waals surface area contributed by atoms with Gasteiger partial charge in [0.15, 0.2) is 0 Å². The van der Waals surface area contributed by atoms with Crippen molar-refractivity contribution in [1.29, 1.82) is 0 Å². The van der Waals surface area contributed by atoms with E-state index in [2.05, 4.69) is 37.7 Å². The van der Waals surface area contributed by atoms with Crippen LogP contribution in [0.2, 0.25) is 0 Å². The second kappa shape index (κ2) is 7.68. The van der Waals surface area contributed by atoms with Gasteiger partial charge in [-0.05, 0) is 48.2 Å². The van der Waals surface area contributed by atoms with E-state index in [4.69, 9.17) is 0 Å². The molecule has 0 bridgehead atoms. The molecule has 6 heteroatoms. The maximum Gasteiger partial charge on any atom is 0.216 e. The molecule has 1 aliphatic rings. The van der Waals surface area contributed by atoms with Gasteiger partial charge in [-0.25, -0.2) is 13.1 Å². The molecule has 0 atom stereocenters. The Morgan fingerprint density at radius 1 is 0.917 bits per heavy atom. The lowest BCUT2D eigenvalue weighted by Gasteiger charge is -2.17. The van der Waals surface area contributed by atoms with Crippen molar-refractivity contribution < 1.29 is 8.42 Å². The summed E-state index contributed by atoms with van der Waals surface area (Å²) < 4.78 is 28.0. The minimum atomic E-state index is -3.35. The topological polar surface area (TPSA) is 49.4 Å². The number of sulfonamides is 1. The Kier molecular flexibility index (Phi) is 5.58. The highest BCUT2D eigenvalue weighted by Gasteiger charge is 2.13. The van der Waals surface area contributed by atoms with Crippen LogP contribution in [-0.2, 0) is 22.3 Å². The predicted molar refractivity (Wildman–Crippen MR) is 101 cm³/mol. The van der Waals surface area contributed by atoms with Crippen LogP contribution in [0.3, 0.4) is 0 Å². The number of benzene rings is 2. The maximum absolute atomic E-state index is 12.2. The summed E-state index contributed by atoms with van der Waals surface area (Å²) in [6, 6.07) is 15.5. The van der Waals surface area contributed by atoms with Crippen LogP contribution in [0.25, 0.3) is 0 Å². The fourth-order valence-corrected chi connectivity index (χ4v) is 4.23. The van der Waals surface area contributed by atoms with Crippen LogP contribution in [-0.4, -0.2) is 21.5 Å². The fraction of sp³-hybridized carbons (Fsp3) is 0.333. The molecule has 1 heterocycles. The summed E-state index contributed by atoms with van der Waals surface area (Å²) >= 11 is 3.35. The van der Waals surface area contributed by atoms with Gasteiger partial charge in [0.25, 0.3) is 0 Å². The first-order valence-corrected chi connectivity index (χ1v) is 10.5. The molecule has 0 spiro atoms. The lowest BCUT2D eigenvalue weighted by Crippen LogP contribution is -2.24. The first kappa shape index (κ1) is 17.5. The van der Waals surface area contributed by atoms with Crippen molar-refractivity contribution >= 4 is 31.6 Å². The van der Waals surface area contributed by atoms with Crippen LogP contribution in [0, 0.1) is 0 Å². The highest BCUT2D eigenvalue weighted by molar-refractivity contribution is 9.10. The standard InChI is InChI=1S/C18H21BrN2O2S/c19-17-7-3-16(4-8-17)14-24(22,23)20-13-15-5-9-18(10-6-15)21-11-1-2-12-21/h3-10,20H,1-2,11-14H2. The third-order valence-corrected chi connectivity index (χ3v) is 6.00. The third kappa shape index (κ3) is 4.82. The Balaban J connectivity index is 1.56. The molecule has 0 amide bonds. The van der Waals surface area contributed by atoms with Crippen LogP contribution in [0.15, 0.2) is 53.0 Å². The van der Waals surface area contributed by atoms with E-state index < -0.39 is 10.0 Å². The minimum absolute atomic E-state index is 0.00780. The first-order chi connectivity index (χ1) is 11.5. The Hall–Kier alpha value is -1.37. The Bertz CT molecular complexity index is 768. The smallest absolute Gasteiger partial charge is 0.216 e. The van der Waals surface area contributed by atoms with Crippen LogP contribution in [0.1, 0.15) is 24.0 Å². The van der Waals surface area contributed by atoms with Gasteiger partial charge in [-0.1, -0.05) is 40.2 Å². The van der Waals surface area contributed by atoms with Gasteiger partial charge in [-0.15, -0.1) is 0 Å². The molecule has 2 aromatic carbocycles. The van der Waals surface area contributed by atoms with Crippen LogP contribution < -0.4 is 9.62 Å². The molecule has 1 aliphatic heterocycles. The molecular formula is C18H21BrN2O2S. The molecule has 1 fully saturated rings. The number of anilines is 1. The molecule has 3 rings (SSSR count). The molecule has 1 N–H and O–H groups in total. The molecule has 0 saturated carbocycles. The highest BCUT2D eigenvalue weighted by atomic mass is 79.9. The largest absolute Gasteiger partial charge is 0.372 e. The molecule has 4 nitrogen and oxygen atoms in total. The maximum atomic E-state index is 12.2. The zero-order valence-corrected chi connectivity index (χ0v) is 15.8. The molecule has 24 heavy (non-hydrogen) atoms. The van der Waals surface area contributed by atoms with Gasteiger partial charge in [0.2, 0.25) is 10.0 Å². The van der Waals surface area contributed by atoms with Crippen molar-refractivity contribution in [2.75, 3.05) is 18.0 Å². The van der Waals surface area contributed by atoms with E-state index in [1.807, 2.05) is 36.4 Å². The first-order valence-electron chi connectivity index (χ1n) is 8.07. The van der Waals surface area contributed by atoms with E-state index in [1.54, 1.807) is 0 Å². The summed E-state index contributed by atoms with van der Waals surface area (Å²) in [5.41, 5.74) is 2.96. The normalized spacial score (nSPS) is 15.0. The van der Waals surface area contributed by atoms with Gasteiger partial charge in [0.1, 0.15) is 0 Å². The van der Waals surface area contributed by atoms with E-state index in [0.29, 0.717) is 6.54 Å². The Morgan fingerprint density at radius 3 is 2.12 bits per heavy atom. The number of hydrogen-bond acceptors (Lipinski definition) is 3. The summed E-state index contributed by atoms with van der Waals surface area (Å²) in [5, 5.41) is 0. The lowest BCUT2D eigenvalue weighted by molar-refractivity contribution is 0.580. The van der Waals surface area contributed by atoms with Gasteiger partial charge in [-0.3, -0.25) is 0 Å². The number of halogens is 1. The number of nitrogens with zero attached hydrogens (tertiary/aromatic N) is 1. The Morgan fingerprint density at radius 2 is 1.50 bits per heavy atom. The summed E-state index contributed by atoms with van der Waals surface area (Å²) in [7, 11) is -3.35. The predicted octanol–water partition coefficient (Wildman–Crippen LogP) is 3.67. The summed E-state index contributed by atoms with van der Waals surface area (Å²) in [6.07, 6.45) is 2.50. The molecule has 2 aromatic rings. The molecule has 0 unspecified atom stereocenters. The molecule has 1 saturated heterocycles. The molecule has 0 radical (unpaired) electrons. The van der Waals surface area contributed by atoms with Gasteiger partial charge in [-0.2, -0.15) is 0 Å². The van der Waals surface area contributed by atoms with Crippen molar-refractivity contribution in [3.63, 3.8) is 0 Å². The van der Waals surface area contributed by atoms with Crippen LogP contribution >= 0.6 is 15.9 Å². The quantitative estimate of drug-likeness (QED) is 0.792. The van der Waals surface area contributed by atoms with Crippen molar-refractivity contribution in [2.24, 2.45) is 0 Å². The highest BCUT2D eigenvalue weighted by Crippen LogP contribution is 2.20. The zero-order valence-electron chi connectivity index (χ0n) is 13.4. The van der Waals surface area contributed by atoms with E-state index in [-0.39, 0.29) is 5.75 Å². The number of nitrogens with one attached hydrogen (secondary N) is 1. The van der Waals surface area contributed by atoms with E-state index in [1.165, 1.54) is 18.5 Å².